The van der Waals surface area contributed by atoms with E-state index in [4.69, 9.17) is 13.9 Å². The van der Waals surface area contributed by atoms with Crippen molar-refractivity contribution in [2.24, 2.45) is 0 Å². The molecule has 0 aliphatic carbocycles. The van der Waals surface area contributed by atoms with Crippen LogP contribution in [0.4, 0.5) is 6.01 Å². The van der Waals surface area contributed by atoms with Gasteiger partial charge in [-0.15, -0.1) is 5.10 Å². The number of benzene rings is 3. The number of hydrogen-bond donors (Lipinski definition) is 1. The molecule has 0 bridgehead atoms. The molecule has 0 fully saturated rings. The smallest absolute Gasteiger partial charge is 0.322 e. The van der Waals surface area contributed by atoms with Crippen molar-refractivity contribution in [1.82, 2.24) is 10.2 Å². The van der Waals surface area contributed by atoms with Gasteiger partial charge in [0.2, 0.25) is 0 Å². The molecule has 0 saturated carbocycles. The molecule has 1 N–H and O–H groups in total. The number of carbonyl (C=O) groups is 1. The Kier molecular flexibility index (Phi) is 4.63. The van der Waals surface area contributed by atoms with E-state index in [1.165, 1.54) is 0 Å². The Morgan fingerprint density at radius 3 is 2.61 bits per heavy atom. The third-order valence-corrected chi connectivity index (χ3v) is 4.32. The fourth-order valence-electron chi connectivity index (χ4n) is 2.95. The van der Waals surface area contributed by atoms with Crippen molar-refractivity contribution < 1.29 is 18.7 Å². The fraction of sp³-hybridized carbons (Fsp3) is 0.0952. The lowest BCUT2D eigenvalue weighted by atomic mass is 10.0. The molecular weight excluding hydrogens is 358 g/mol. The van der Waals surface area contributed by atoms with Gasteiger partial charge in [0.1, 0.15) is 11.5 Å². The van der Waals surface area contributed by atoms with Gasteiger partial charge in [0, 0.05) is 5.56 Å². The van der Waals surface area contributed by atoms with E-state index in [9.17, 15) is 4.79 Å². The van der Waals surface area contributed by atoms with Gasteiger partial charge >= 0.3 is 6.01 Å². The monoisotopic (exact) mass is 375 g/mol. The number of carbonyl (C=O) groups excluding carboxylic acids is 1. The van der Waals surface area contributed by atoms with Gasteiger partial charge in [-0.05, 0) is 35.0 Å². The molecule has 1 heterocycles. The third kappa shape index (κ3) is 3.25. The van der Waals surface area contributed by atoms with Crippen LogP contribution >= 0.6 is 0 Å². The Hall–Kier alpha value is -3.87. The number of fused-ring (bicyclic) bond motifs is 1. The van der Waals surface area contributed by atoms with Crippen molar-refractivity contribution in [2.45, 2.75) is 0 Å². The summed E-state index contributed by atoms with van der Waals surface area (Å²) >= 11 is 0. The Bertz CT molecular complexity index is 1150. The molecule has 0 atom stereocenters. The highest BCUT2D eigenvalue weighted by atomic mass is 16.5. The molecular formula is C21H17N3O4. The molecule has 7 heteroatoms. The quantitative estimate of drug-likeness (QED) is 0.564. The largest absolute Gasteiger partial charge is 0.497 e. The zero-order valence-electron chi connectivity index (χ0n) is 15.3. The molecule has 4 aromatic rings. The molecule has 0 spiro atoms. The first kappa shape index (κ1) is 17.5. The van der Waals surface area contributed by atoms with Crippen LogP contribution in [0.1, 0.15) is 10.4 Å². The molecule has 0 aliphatic heterocycles. The molecule has 0 aliphatic rings. The predicted octanol–water partition coefficient (Wildman–Crippen LogP) is 4.16. The van der Waals surface area contributed by atoms with Gasteiger partial charge in [-0.3, -0.25) is 10.1 Å². The van der Waals surface area contributed by atoms with Gasteiger partial charge in [0.15, 0.2) is 0 Å². The molecule has 0 saturated heterocycles. The number of methoxy groups -OCH3 is 2. The lowest BCUT2D eigenvalue weighted by Crippen LogP contribution is -2.12. The van der Waals surface area contributed by atoms with E-state index in [0.717, 1.165) is 10.8 Å². The second-order valence-corrected chi connectivity index (χ2v) is 5.96. The highest BCUT2D eigenvalue weighted by molar-refractivity contribution is 6.12. The van der Waals surface area contributed by atoms with Crippen molar-refractivity contribution in [1.29, 1.82) is 0 Å². The van der Waals surface area contributed by atoms with Gasteiger partial charge in [0.05, 0.1) is 19.8 Å². The number of hydrogen-bond acceptors (Lipinski definition) is 6. The Balaban J connectivity index is 1.63. The molecule has 4 rings (SSSR count). The summed E-state index contributed by atoms with van der Waals surface area (Å²) in [6.45, 7) is 0. The minimum absolute atomic E-state index is 0.00203. The highest BCUT2D eigenvalue weighted by Gasteiger charge is 2.17. The molecule has 1 aromatic heterocycles. The van der Waals surface area contributed by atoms with Crippen LogP contribution in [0.2, 0.25) is 0 Å². The van der Waals surface area contributed by atoms with E-state index < -0.39 is 0 Å². The molecule has 7 nitrogen and oxygen atoms in total. The summed E-state index contributed by atoms with van der Waals surface area (Å²) in [6, 6.07) is 18.4. The van der Waals surface area contributed by atoms with Gasteiger partial charge in [-0.2, -0.15) is 0 Å². The number of ether oxygens (including phenoxy) is 2. The molecule has 3 aromatic carbocycles. The van der Waals surface area contributed by atoms with E-state index in [2.05, 4.69) is 15.5 Å². The maximum atomic E-state index is 12.7. The summed E-state index contributed by atoms with van der Waals surface area (Å²) in [5.74, 6) is 1.06. The van der Waals surface area contributed by atoms with Crippen LogP contribution < -0.4 is 14.8 Å². The number of aromatic nitrogens is 2. The van der Waals surface area contributed by atoms with E-state index in [1.54, 1.807) is 38.5 Å². The number of nitrogens with one attached hydrogen (secondary N) is 1. The van der Waals surface area contributed by atoms with Crippen LogP contribution in [-0.2, 0) is 0 Å². The van der Waals surface area contributed by atoms with Crippen LogP contribution in [0, 0.1) is 0 Å². The Morgan fingerprint density at radius 1 is 0.964 bits per heavy atom. The Morgan fingerprint density at radius 2 is 1.79 bits per heavy atom. The van der Waals surface area contributed by atoms with Crippen LogP contribution in [0.15, 0.2) is 65.1 Å². The Labute approximate surface area is 160 Å². The SMILES string of the molecule is COc1ccc(OC)c(-c2nnc(NC(=O)c3cccc4ccccc34)o2)c1. The number of nitrogens with zero attached hydrogens (tertiary/aromatic N) is 2. The molecule has 0 unspecified atom stereocenters. The van der Waals surface area contributed by atoms with Gasteiger partial charge < -0.3 is 13.9 Å². The van der Waals surface area contributed by atoms with E-state index >= 15 is 0 Å². The van der Waals surface area contributed by atoms with E-state index in [0.29, 0.717) is 22.6 Å². The van der Waals surface area contributed by atoms with Crippen molar-refractivity contribution in [2.75, 3.05) is 19.5 Å². The maximum Gasteiger partial charge on any atom is 0.322 e. The van der Waals surface area contributed by atoms with Crippen LogP contribution in [0.5, 0.6) is 11.5 Å². The summed E-state index contributed by atoms with van der Waals surface area (Å²) in [4.78, 5) is 12.7. The standard InChI is InChI=1S/C21H17N3O4/c1-26-14-10-11-18(27-2)17(12-14)20-23-24-21(28-20)22-19(25)16-9-5-7-13-6-3-4-8-15(13)16/h3-12H,1-2H3,(H,22,24,25). The molecule has 140 valence electrons. The lowest BCUT2D eigenvalue weighted by Gasteiger charge is -2.07. The maximum absolute atomic E-state index is 12.7. The lowest BCUT2D eigenvalue weighted by molar-refractivity contribution is 0.102. The highest BCUT2D eigenvalue weighted by Crippen LogP contribution is 2.33. The normalized spacial score (nSPS) is 10.6. The summed E-state index contributed by atoms with van der Waals surface area (Å²) in [5.41, 5.74) is 1.09. The van der Waals surface area contributed by atoms with Crippen molar-refractivity contribution in [3.05, 3.63) is 66.2 Å². The van der Waals surface area contributed by atoms with E-state index in [1.807, 2.05) is 36.4 Å². The third-order valence-electron chi connectivity index (χ3n) is 4.32. The summed E-state index contributed by atoms with van der Waals surface area (Å²) in [5, 5.41) is 12.4. The van der Waals surface area contributed by atoms with Crippen molar-refractivity contribution in [3.63, 3.8) is 0 Å². The molecule has 1 amide bonds. The van der Waals surface area contributed by atoms with Gasteiger partial charge in [0.25, 0.3) is 11.8 Å². The van der Waals surface area contributed by atoms with Crippen molar-refractivity contribution in [3.8, 4) is 23.0 Å². The fourth-order valence-corrected chi connectivity index (χ4v) is 2.95. The second kappa shape index (κ2) is 7.40. The van der Waals surface area contributed by atoms with Crippen molar-refractivity contribution >= 4 is 22.7 Å². The minimum atomic E-state index is -0.329. The van der Waals surface area contributed by atoms with Gasteiger partial charge in [-0.1, -0.05) is 41.5 Å². The van der Waals surface area contributed by atoms with E-state index in [-0.39, 0.29) is 17.8 Å². The zero-order chi connectivity index (χ0) is 19.5. The first-order valence-electron chi connectivity index (χ1n) is 8.54. The summed E-state index contributed by atoms with van der Waals surface area (Å²) in [7, 11) is 3.11. The summed E-state index contributed by atoms with van der Waals surface area (Å²) < 4.78 is 16.2. The molecule has 0 radical (unpaired) electrons. The average Bonchev–Trinajstić information content (AvgIpc) is 3.21. The predicted molar refractivity (Wildman–Crippen MR) is 105 cm³/mol. The number of amides is 1. The van der Waals surface area contributed by atoms with Gasteiger partial charge in [-0.25, -0.2) is 0 Å². The van der Waals surface area contributed by atoms with Crippen LogP contribution in [-0.4, -0.2) is 30.3 Å². The zero-order valence-corrected chi connectivity index (χ0v) is 15.3. The summed E-state index contributed by atoms with van der Waals surface area (Å²) in [6.07, 6.45) is 0. The molecule has 28 heavy (non-hydrogen) atoms. The second-order valence-electron chi connectivity index (χ2n) is 5.96. The van der Waals surface area contributed by atoms with Crippen LogP contribution in [0.25, 0.3) is 22.2 Å². The number of rotatable bonds is 5. The topological polar surface area (TPSA) is 86.5 Å². The minimum Gasteiger partial charge on any atom is -0.497 e. The van der Waals surface area contributed by atoms with Crippen LogP contribution in [0.3, 0.4) is 0 Å². The first-order valence-corrected chi connectivity index (χ1v) is 8.54. The average molecular weight is 375 g/mol. The number of anilines is 1. The first-order chi connectivity index (χ1) is 13.7.